The SMILES string of the molecule is NC(=O)[C@H](Cc1ccccc1)NC(=O)[C@H](CCCN=C(N)N)NC(=O)[C@H](CCCN=C(N)N)NC(=O)[C@H](Cc1c[nH]c2ccccc12)NC(=O)[C@H](Cc1c[nH]c2ccccc12)NC(=O)[C@H](CCCN=C(N)N)NC(=O)[C@@H](N)CCCN=C(N)N. The molecule has 5 rings (SSSR count). The second-order valence-corrected chi connectivity index (χ2v) is 20.0. The average Bonchev–Trinajstić information content (AvgIpc) is 3.60. The summed E-state index contributed by atoms with van der Waals surface area (Å²) >= 11 is 0. The predicted molar refractivity (Wildman–Crippen MR) is 323 cm³/mol. The van der Waals surface area contributed by atoms with Gasteiger partial charge in [0.15, 0.2) is 23.8 Å². The molecule has 5 aromatic rings. The third-order valence-corrected chi connectivity index (χ3v) is 13.4. The number of aliphatic imine (C=N–C) groups is 4. The number of para-hydroxylation sites is 2. The topological polar surface area (TPSA) is 533 Å². The van der Waals surface area contributed by atoms with E-state index in [0.29, 0.717) is 23.1 Å². The summed E-state index contributed by atoms with van der Waals surface area (Å²) in [5.74, 6) is -6.21. The lowest BCUT2D eigenvalue weighted by molar-refractivity contribution is -0.135. The van der Waals surface area contributed by atoms with Crippen molar-refractivity contribution in [2.75, 3.05) is 26.2 Å². The number of aromatic amines is 2. The normalized spacial score (nSPS) is 13.5. The van der Waals surface area contributed by atoms with Crippen molar-refractivity contribution < 1.29 is 33.6 Å². The Bertz CT molecular complexity index is 3120. The van der Waals surface area contributed by atoms with Gasteiger partial charge in [0, 0.05) is 79.6 Å². The molecule has 3 aromatic carbocycles. The number of carbonyl (C=O) groups is 7. The zero-order valence-electron chi connectivity index (χ0n) is 46.7. The molecule has 28 N–H and O–H groups in total. The maximum atomic E-state index is 15.1. The first-order valence-electron chi connectivity index (χ1n) is 27.4. The first-order chi connectivity index (χ1) is 40.2. The summed E-state index contributed by atoms with van der Waals surface area (Å²) in [6.45, 7) is 0.422. The number of nitrogens with one attached hydrogen (secondary N) is 8. The van der Waals surface area contributed by atoms with Gasteiger partial charge in [-0.2, -0.15) is 0 Å². The van der Waals surface area contributed by atoms with E-state index in [1.165, 1.54) is 0 Å². The molecule has 0 fully saturated rings. The van der Waals surface area contributed by atoms with Crippen molar-refractivity contribution in [2.24, 2.45) is 77.3 Å². The van der Waals surface area contributed by atoms with E-state index >= 15 is 9.59 Å². The summed E-state index contributed by atoms with van der Waals surface area (Å²) in [4.78, 5) is 122. The molecule has 452 valence electrons. The highest BCUT2D eigenvalue weighted by Crippen LogP contribution is 2.22. The standard InChI is InChI=1S/C55H80N22O7/c56-36(16-8-22-66-52(58)59)46(79)72-39(19-9-23-67-53(60)61)49(82)76-44(28-33-30-71-38-18-7-5-15-35(33)38)51(84)77-43(27-32-29-70-37-17-6-4-14-34(32)37)50(83)74-40(20-10-24-68-54(62)63)47(80)73-41(21-11-25-69-55(64)65)48(81)75-42(45(57)78)26-31-12-2-1-3-13-31/h1-7,12-15,17-18,29-30,36,39-44,70-71H,8-11,16,19-28,56H2,(H2,57,78)(H,72,79)(H,73,80)(H,74,83)(H,75,81)(H,76,82)(H,77,84)(H4,58,59,66)(H4,60,61,67)(H4,62,63,68)(H4,64,65,69)/t36-,39-,40-,41-,42-,43-,44-/m0/s1. The molecular weight excluding hydrogens is 1080 g/mol. The largest absolute Gasteiger partial charge is 0.370 e. The molecule has 0 unspecified atom stereocenters. The Kier molecular flexibility index (Phi) is 25.6. The van der Waals surface area contributed by atoms with Gasteiger partial charge < -0.3 is 99.2 Å². The van der Waals surface area contributed by atoms with Crippen LogP contribution in [0.2, 0.25) is 0 Å². The summed E-state index contributed by atoms with van der Waals surface area (Å²) < 4.78 is 0. The lowest BCUT2D eigenvalue weighted by Crippen LogP contribution is -2.60. The summed E-state index contributed by atoms with van der Waals surface area (Å²) in [6, 6.07) is 14.4. The Morgan fingerprint density at radius 3 is 1.08 bits per heavy atom. The second-order valence-electron chi connectivity index (χ2n) is 20.0. The summed E-state index contributed by atoms with van der Waals surface area (Å²) in [5, 5.41) is 18.1. The van der Waals surface area contributed by atoms with Crippen molar-refractivity contribution in [3.8, 4) is 0 Å². The zero-order chi connectivity index (χ0) is 61.1. The molecule has 0 radical (unpaired) electrons. The second kappa shape index (κ2) is 33.1. The first-order valence-corrected chi connectivity index (χ1v) is 27.4. The zero-order valence-corrected chi connectivity index (χ0v) is 46.7. The number of nitrogens with zero attached hydrogens (tertiary/aromatic N) is 4. The van der Waals surface area contributed by atoms with Crippen molar-refractivity contribution in [1.29, 1.82) is 0 Å². The number of primary amides is 1. The van der Waals surface area contributed by atoms with Crippen LogP contribution in [0.3, 0.4) is 0 Å². The number of hydrogen-bond acceptors (Lipinski definition) is 12. The fourth-order valence-corrected chi connectivity index (χ4v) is 9.14. The fraction of sp³-hybridized carbons (Fsp3) is 0.400. The van der Waals surface area contributed by atoms with Crippen LogP contribution in [0.5, 0.6) is 0 Å². The maximum Gasteiger partial charge on any atom is 0.243 e. The number of benzene rings is 3. The van der Waals surface area contributed by atoms with Crippen molar-refractivity contribution >= 4 is 87.0 Å². The minimum absolute atomic E-state index is 0.00687. The van der Waals surface area contributed by atoms with Gasteiger partial charge in [0.05, 0.1) is 6.04 Å². The van der Waals surface area contributed by atoms with Crippen LogP contribution in [0.1, 0.15) is 68.1 Å². The molecule has 0 saturated carbocycles. The molecule has 0 spiro atoms. The van der Waals surface area contributed by atoms with Crippen LogP contribution >= 0.6 is 0 Å². The van der Waals surface area contributed by atoms with Gasteiger partial charge in [0.1, 0.15) is 36.3 Å². The molecule has 2 aromatic heterocycles. The minimum atomic E-state index is -1.45. The highest BCUT2D eigenvalue weighted by molar-refractivity contribution is 5.98. The van der Waals surface area contributed by atoms with Crippen molar-refractivity contribution in [1.82, 2.24) is 41.9 Å². The van der Waals surface area contributed by atoms with Gasteiger partial charge in [-0.25, -0.2) is 0 Å². The molecule has 7 atom stereocenters. The van der Waals surface area contributed by atoms with Crippen molar-refractivity contribution in [3.63, 3.8) is 0 Å². The lowest BCUT2D eigenvalue weighted by atomic mass is 10.00. The fourth-order valence-electron chi connectivity index (χ4n) is 9.14. The molecule has 0 bridgehead atoms. The van der Waals surface area contributed by atoms with E-state index in [0.717, 1.165) is 21.8 Å². The monoisotopic (exact) mass is 1160 g/mol. The van der Waals surface area contributed by atoms with Gasteiger partial charge in [-0.3, -0.25) is 53.5 Å². The van der Waals surface area contributed by atoms with Crippen LogP contribution in [0.4, 0.5) is 0 Å². The molecule has 2 heterocycles. The maximum absolute atomic E-state index is 15.1. The van der Waals surface area contributed by atoms with Gasteiger partial charge >= 0.3 is 0 Å². The number of nitrogens with two attached hydrogens (primary N) is 10. The van der Waals surface area contributed by atoms with Crippen LogP contribution in [0.15, 0.2) is 111 Å². The Labute approximate surface area is 485 Å². The number of H-pyrrole nitrogens is 2. The highest BCUT2D eigenvalue weighted by Gasteiger charge is 2.35. The number of aromatic nitrogens is 2. The summed E-state index contributed by atoms with van der Waals surface area (Å²) in [5.41, 5.74) is 59.8. The van der Waals surface area contributed by atoms with E-state index in [4.69, 9.17) is 57.3 Å². The van der Waals surface area contributed by atoms with Crippen molar-refractivity contribution in [2.45, 2.75) is 113 Å². The van der Waals surface area contributed by atoms with E-state index in [1.807, 2.05) is 42.5 Å². The quantitative estimate of drug-likeness (QED) is 0.0107. The van der Waals surface area contributed by atoms with Crippen molar-refractivity contribution in [3.05, 3.63) is 108 Å². The molecule has 29 heteroatoms. The van der Waals surface area contributed by atoms with Gasteiger partial charge in [-0.1, -0.05) is 66.7 Å². The minimum Gasteiger partial charge on any atom is -0.370 e. The molecule has 0 aliphatic carbocycles. The Balaban J connectivity index is 1.50. The number of guanidine groups is 4. The molecule has 0 aliphatic rings. The number of fused-ring (bicyclic) bond motifs is 2. The van der Waals surface area contributed by atoms with Crippen LogP contribution in [0, 0.1) is 0 Å². The van der Waals surface area contributed by atoms with E-state index in [2.05, 4.69) is 61.8 Å². The van der Waals surface area contributed by atoms with Gasteiger partial charge in [-0.15, -0.1) is 0 Å². The molecular formula is C55H80N22O7. The number of amides is 7. The smallest absolute Gasteiger partial charge is 0.243 e. The van der Waals surface area contributed by atoms with E-state index in [-0.39, 0.29) is 114 Å². The van der Waals surface area contributed by atoms with Crippen LogP contribution < -0.4 is 89.2 Å². The molecule has 7 amide bonds. The molecule has 0 saturated heterocycles. The predicted octanol–water partition coefficient (Wildman–Crippen LogP) is -3.39. The average molecular weight is 1160 g/mol. The summed E-state index contributed by atoms with van der Waals surface area (Å²) in [6.07, 6.45) is 4.12. The van der Waals surface area contributed by atoms with E-state index in [1.54, 1.807) is 48.8 Å². The molecule has 84 heavy (non-hydrogen) atoms. The highest BCUT2D eigenvalue weighted by atomic mass is 16.2. The third kappa shape index (κ3) is 21.5. The third-order valence-electron chi connectivity index (χ3n) is 13.4. The number of hydrogen-bond donors (Lipinski definition) is 18. The van der Waals surface area contributed by atoms with Crippen LogP contribution in [-0.2, 0) is 52.8 Å². The summed E-state index contributed by atoms with van der Waals surface area (Å²) in [7, 11) is 0. The number of carbonyl (C=O) groups excluding carboxylic acids is 7. The van der Waals surface area contributed by atoms with E-state index in [9.17, 15) is 24.0 Å². The van der Waals surface area contributed by atoms with Crippen LogP contribution in [0.25, 0.3) is 21.8 Å². The van der Waals surface area contributed by atoms with Crippen LogP contribution in [-0.4, -0.2) is 144 Å². The first kappa shape index (κ1) is 64.9. The Morgan fingerprint density at radius 1 is 0.381 bits per heavy atom. The van der Waals surface area contributed by atoms with Gasteiger partial charge in [0.25, 0.3) is 0 Å². The van der Waals surface area contributed by atoms with Gasteiger partial charge in [-0.05, 0) is 80.2 Å². The lowest BCUT2D eigenvalue weighted by Gasteiger charge is -2.28. The van der Waals surface area contributed by atoms with Gasteiger partial charge in [0.2, 0.25) is 41.4 Å². The molecule has 29 nitrogen and oxygen atoms in total. The Hall–Kier alpha value is -9.93. The van der Waals surface area contributed by atoms with E-state index < -0.39 is 83.6 Å². The number of rotatable bonds is 35. The Morgan fingerprint density at radius 2 is 0.702 bits per heavy atom. The molecule has 0 aliphatic heterocycles.